The Balaban J connectivity index is 1.79. The van der Waals surface area contributed by atoms with E-state index in [0.29, 0.717) is 17.2 Å². The normalized spacial score (nSPS) is 33.1. The topological polar surface area (TPSA) is 52.3 Å². The van der Waals surface area contributed by atoms with Gasteiger partial charge in [-0.15, -0.1) is 0 Å². The maximum absolute atomic E-state index is 12.4. The molecule has 2 fully saturated rings. The van der Waals surface area contributed by atoms with E-state index in [1.807, 2.05) is 0 Å². The summed E-state index contributed by atoms with van der Waals surface area (Å²) in [6, 6.07) is 5.22. The van der Waals surface area contributed by atoms with Crippen LogP contribution in [0.4, 0.5) is 5.69 Å². The summed E-state index contributed by atoms with van der Waals surface area (Å²) in [6.07, 6.45) is 3.40. The molecule has 2 aliphatic rings. The molecule has 0 radical (unpaired) electrons. The average molecular weight is 352 g/mol. The van der Waals surface area contributed by atoms with Gasteiger partial charge >= 0.3 is 5.97 Å². The number of fused-ring (bicyclic) bond motifs is 2. The van der Waals surface area contributed by atoms with Crippen LogP contribution < -0.4 is 5.73 Å². The molecule has 3 atom stereocenters. The Morgan fingerprint density at radius 1 is 1.38 bits per heavy atom. The van der Waals surface area contributed by atoms with Crippen molar-refractivity contribution in [1.29, 1.82) is 0 Å². The molecular formula is C17H22BrNO2. The molecule has 2 bridgehead atoms. The van der Waals surface area contributed by atoms with Gasteiger partial charge in [0, 0.05) is 15.6 Å². The van der Waals surface area contributed by atoms with Crippen LogP contribution >= 0.6 is 15.9 Å². The molecule has 3 nitrogen and oxygen atoms in total. The second-order valence-electron chi connectivity index (χ2n) is 7.24. The maximum atomic E-state index is 12.4. The van der Waals surface area contributed by atoms with Crippen LogP contribution in [0, 0.1) is 16.7 Å². The maximum Gasteiger partial charge on any atom is 0.338 e. The predicted octanol–water partition coefficient (Wildman–Crippen LogP) is 4.40. The number of rotatable bonds is 2. The van der Waals surface area contributed by atoms with Crippen molar-refractivity contribution < 1.29 is 9.53 Å². The van der Waals surface area contributed by atoms with Crippen LogP contribution in [0.2, 0.25) is 0 Å². The third-order valence-electron chi connectivity index (χ3n) is 6.19. The third kappa shape index (κ3) is 2.10. The zero-order chi connectivity index (χ0) is 15.4. The molecule has 0 aromatic heterocycles. The molecule has 0 aliphatic heterocycles. The molecule has 21 heavy (non-hydrogen) atoms. The smallest absolute Gasteiger partial charge is 0.338 e. The molecule has 3 unspecified atom stereocenters. The molecule has 1 aromatic carbocycles. The Kier molecular flexibility index (Phi) is 3.36. The van der Waals surface area contributed by atoms with Gasteiger partial charge in [-0.2, -0.15) is 0 Å². The number of ether oxygens (including phenoxy) is 1. The van der Waals surface area contributed by atoms with Crippen molar-refractivity contribution in [2.24, 2.45) is 16.7 Å². The Labute approximate surface area is 134 Å². The number of nitrogens with two attached hydrogens (primary N) is 1. The van der Waals surface area contributed by atoms with Gasteiger partial charge in [0.05, 0.1) is 5.56 Å². The highest BCUT2D eigenvalue weighted by atomic mass is 79.9. The summed E-state index contributed by atoms with van der Waals surface area (Å²) in [5.41, 5.74) is 7.27. The van der Waals surface area contributed by atoms with Gasteiger partial charge in [-0.1, -0.05) is 20.8 Å². The quantitative estimate of drug-likeness (QED) is 0.634. The highest BCUT2D eigenvalue weighted by Gasteiger charge is 2.62. The van der Waals surface area contributed by atoms with Crippen LogP contribution in [0.3, 0.4) is 0 Å². The fourth-order valence-electron chi connectivity index (χ4n) is 4.18. The van der Waals surface area contributed by atoms with Gasteiger partial charge in [-0.25, -0.2) is 4.79 Å². The molecule has 0 spiro atoms. The largest absolute Gasteiger partial charge is 0.458 e. The predicted molar refractivity (Wildman–Crippen MR) is 87.0 cm³/mol. The summed E-state index contributed by atoms with van der Waals surface area (Å²) in [5, 5.41) is 0. The fourth-order valence-corrected chi connectivity index (χ4v) is 4.42. The van der Waals surface area contributed by atoms with E-state index >= 15 is 0 Å². The summed E-state index contributed by atoms with van der Waals surface area (Å²) in [7, 11) is 0. The Morgan fingerprint density at radius 3 is 2.62 bits per heavy atom. The van der Waals surface area contributed by atoms with Crippen LogP contribution in [-0.2, 0) is 4.74 Å². The van der Waals surface area contributed by atoms with Crippen molar-refractivity contribution in [3.63, 3.8) is 0 Å². The minimum atomic E-state index is -0.260. The van der Waals surface area contributed by atoms with Gasteiger partial charge in [-0.05, 0) is 64.7 Å². The lowest BCUT2D eigenvalue weighted by Crippen LogP contribution is -2.38. The van der Waals surface area contributed by atoms with Crippen molar-refractivity contribution in [2.75, 3.05) is 5.73 Å². The monoisotopic (exact) mass is 351 g/mol. The first kappa shape index (κ1) is 14.9. The zero-order valence-corrected chi connectivity index (χ0v) is 14.4. The number of hydrogen-bond acceptors (Lipinski definition) is 3. The molecule has 2 N–H and O–H groups in total. The van der Waals surface area contributed by atoms with E-state index in [1.165, 1.54) is 6.42 Å². The number of benzene rings is 1. The molecule has 2 saturated carbocycles. The zero-order valence-electron chi connectivity index (χ0n) is 12.8. The average Bonchev–Trinajstić information content (AvgIpc) is 2.75. The first-order chi connectivity index (χ1) is 9.75. The number of nitrogen functional groups attached to an aromatic ring is 1. The molecular weight excluding hydrogens is 330 g/mol. The first-order valence-corrected chi connectivity index (χ1v) is 8.31. The molecule has 0 saturated heterocycles. The standard InChI is InChI=1S/C17H22BrNO2/c1-16(2)11-6-7-17(16,3)14(9-11)21-15(20)10-4-5-12(18)13(19)8-10/h4-5,8,11,14H,6-7,9,19H2,1-3H3. The number of esters is 1. The summed E-state index contributed by atoms with van der Waals surface area (Å²) in [5.74, 6) is 0.402. The van der Waals surface area contributed by atoms with E-state index in [1.54, 1.807) is 18.2 Å². The SMILES string of the molecule is CC1(C)C2CCC1(C)C(OC(=O)c1ccc(Br)c(N)c1)C2. The molecule has 0 heterocycles. The molecule has 114 valence electrons. The fraction of sp³-hybridized carbons (Fsp3) is 0.588. The number of carbonyl (C=O) groups excluding carboxylic acids is 1. The van der Waals surface area contributed by atoms with Crippen molar-refractivity contribution in [3.8, 4) is 0 Å². The van der Waals surface area contributed by atoms with E-state index in [4.69, 9.17) is 10.5 Å². The minimum Gasteiger partial charge on any atom is -0.458 e. The van der Waals surface area contributed by atoms with Crippen LogP contribution in [-0.4, -0.2) is 12.1 Å². The number of carbonyl (C=O) groups is 1. The summed E-state index contributed by atoms with van der Waals surface area (Å²) >= 11 is 3.34. The van der Waals surface area contributed by atoms with Crippen molar-refractivity contribution in [1.82, 2.24) is 0 Å². The summed E-state index contributed by atoms with van der Waals surface area (Å²) < 4.78 is 6.65. The van der Waals surface area contributed by atoms with Crippen molar-refractivity contribution in [3.05, 3.63) is 28.2 Å². The summed E-state index contributed by atoms with van der Waals surface area (Å²) in [4.78, 5) is 12.4. The van der Waals surface area contributed by atoms with Crippen LogP contribution in [0.5, 0.6) is 0 Å². The second kappa shape index (κ2) is 4.73. The van der Waals surface area contributed by atoms with Gasteiger partial charge < -0.3 is 10.5 Å². The third-order valence-corrected chi connectivity index (χ3v) is 6.92. The van der Waals surface area contributed by atoms with E-state index in [-0.39, 0.29) is 22.9 Å². The molecule has 2 aliphatic carbocycles. The van der Waals surface area contributed by atoms with Crippen molar-refractivity contribution >= 4 is 27.6 Å². The van der Waals surface area contributed by atoms with E-state index in [9.17, 15) is 4.79 Å². The number of anilines is 1. The lowest BCUT2D eigenvalue weighted by Gasteiger charge is -2.38. The highest BCUT2D eigenvalue weighted by molar-refractivity contribution is 9.10. The first-order valence-electron chi connectivity index (χ1n) is 7.52. The number of halogens is 1. The van der Waals surface area contributed by atoms with Crippen LogP contribution in [0.1, 0.15) is 50.4 Å². The molecule has 0 amide bonds. The lowest BCUT2D eigenvalue weighted by molar-refractivity contribution is -0.0242. The van der Waals surface area contributed by atoms with Gasteiger partial charge in [0.25, 0.3) is 0 Å². The minimum absolute atomic E-state index is 0.0172. The van der Waals surface area contributed by atoms with E-state index < -0.39 is 0 Å². The van der Waals surface area contributed by atoms with Crippen LogP contribution in [0.25, 0.3) is 0 Å². The Hall–Kier alpha value is -1.03. The molecule has 4 heteroatoms. The Morgan fingerprint density at radius 2 is 2.10 bits per heavy atom. The van der Waals surface area contributed by atoms with Crippen molar-refractivity contribution in [2.45, 2.75) is 46.1 Å². The summed E-state index contributed by atoms with van der Waals surface area (Å²) in [6.45, 7) is 6.90. The molecule has 1 aromatic rings. The Bertz CT molecular complexity index is 598. The van der Waals surface area contributed by atoms with Gasteiger partial charge in [0.2, 0.25) is 0 Å². The van der Waals surface area contributed by atoms with E-state index in [0.717, 1.165) is 17.3 Å². The van der Waals surface area contributed by atoms with Gasteiger partial charge in [0.15, 0.2) is 0 Å². The number of hydrogen-bond donors (Lipinski definition) is 1. The van der Waals surface area contributed by atoms with E-state index in [2.05, 4.69) is 36.7 Å². The van der Waals surface area contributed by atoms with Crippen LogP contribution in [0.15, 0.2) is 22.7 Å². The molecule has 3 rings (SSSR count). The van der Waals surface area contributed by atoms with Gasteiger partial charge in [0.1, 0.15) is 6.10 Å². The lowest BCUT2D eigenvalue weighted by atomic mass is 9.70. The van der Waals surface area contributed by atoms with Gasteiger partial charge in [-0.3, -0.25) is 0 Å². The highest BCUT2D eigenvalue weighted by Crippen LogP contribution is 2.66. The second-order valence-corrected chi connectivity index (χ2v) is 8.10.